The van der Waals surface area contributed by atoms with Crippen LogP contribution in [0, 0.1) is 0 Å². The Labute approximate surface area is 128 Å². The Morgan fingerprint density at radius 1 is 1.15 bits per heavy atom. The van der Waals surface area contributed by atoms with Crippen molar-refractivity contribution < 1.29 is 0 Å². The van der Waals surface area contributed by atoms with Gasteiger partial charge in [-0.3, -0.25) is 4.90 Å². The minimum atomic E-state index is 0.450. The highest BCUT2D eigenvalue weighted by molar-refractivity contribution is 8.00. The number of likely N-dealkylation sites (N-methyl/N-ethyl adjacent to an activating group) is 1. The molecule has 0 spiro atoms. The lowest BCUT2D eigenvalue weighted by Crippen LogP contribution is -2.26. The zero-order valence-corrected chi connectivity index (χ0v) is 13.9. The van der Waals surface area contributed by atoms with Gasteiger partial charge in [0.15, 0.2) is 0 Å². The van der Waals surface area contributed by atoms with Gasteiger partial charge < -0.3 is 5.32 Å². The minimum absolute atomic E-state index is 0.450. The lowest BCUT2D eigenvalue weighted by Gasteiger charge is -2.22. The summed E-state index contributed by atoms with van der Waals surface area (Å²) in [6.45, 7) is 9.34. The van der Waals surface area contributed by atoms with Crippen molar-refractivity contribution in [2.24, 2.45) is 0 Å². The highest BCUT2D eigenvalue weighted by atomic mass is 32.2. The first-order valence-electron chi connectivity index (χ1n) is 7.68. The summed E-state index contributed by atoms with van der Waals surface area (Å²) >= 11 is 2.12. The zero-order chi connectivity index (χ0) is 14.4. The van der Waals surface area contributed by atoms with Crippen LogP contribution >= 0.6 is 11.8 Å². The molecule has 112 valence electrons. The van der Waals surface area contributed by atoms with Gasteiger partial charge in [-0.1, -0.05) is 38.1 Å². The predicted molar refractivity (Wildman–Crippen MR) is 90.5 cm³/mol. The van der Waals surface area contributed by atoms with Gasteiger partial charge in [-0.15, -0.1) is 0 Å². The van der Waals surface area contributed by atoms with Crippen LogP contribution in [0.25, 0.3) is 0 Å². The number of hydrogen-bond donors (Lipinski definition) is 1. The molecule has 0 amide bonds. The summed E-state index contributed by atoms with van der Waals surface area (Å²) < 4.78 is 0.450. The Balaban J connectivity index is 1.86. The summed E-state index contributed by atoms with van der Waals surface area (Å²) in [6, 6.07) is 9.16. The summed E-state index contributed by atoms with van der Waals surface area (Å²) in [5.74, 6) is 1.26. The van der Waals surface area contributed by atoms with Crippen molar-refractivity contribution in [3.05, 3.63) is 35.4 Å². The number of hydrogen-bond acceptors (Lipinski definition) is 3. The number of nitrogens with one attached hydrogen (secondary N) is 1. The number of thioether (sulfide) groups is 1. The summed E-state index contributed by atoms with van der Waals surface area (Å²) in [5, 5.41) is 3.20. The van der Waals surface area contributed by atoms with Crippen molar-refractivity contribution in [3.63, 3.8) is 0 Å². The molecule has 3 heteroatoms. The third-order valence-electron chi connectivity index (χ3n) is 4.02. The lowest BCUT2D eigenvalue weighted by atomic mass is 10.1. The van der Waals surface area contributed by atoms with Crippen molar-refractivity contribution in [1.82, 2.24) is 10.2 Å². The normalized spacial score (nSPS) is 19.8. The molecule has 1 heterocycles. The first-order chi connectivity index (χ1) is 9.59. The molecule has 1 fully saturated rings. The van der Waals surface area contributed by atoms with Crippen LogP contribution in [0.4, 0.5) is 0 Å². The molecule has 0 bridgehead atoms. The quantitative estimate of drug-likeness (QED) is 0.897. The SMILES string of the molecule is CNCCc1ccc(CN2CCSC(C)(C)CC2)cc1. The largest absolute Gasteiger partial charge is 0.319 e. The van der Waals surface area contributed by atoms with Crippen molar-refractivity contribution >= 4 is 11.8 Å². The van der Waals surface area contributed by atoms with Crippen LogP contribution in [0.15, 0.2) is 24.3 Å². The van der Waals surface area contributed by atoms with Gasteiger partial charge in [0.1, 0.15) is 0 Å². The second-order valence-electron chi connectivity index (χ2n) is 6.30. The number of rotatable bonds is 5. The van der Waals surface area contributed by atoms with E-state index in [2.05, 4.69) is 60.1 Å². The van der Waals surface area contributed by atoms with Gasteiger partial charge in [-0.2, -0.15) is 11.8 Å². The molecule has 1 saturated heterocycles. The molecule has 1 aliphatic rings. The Bertz CT molecular complexity index is 400. The summed E-state index contributed by atoms with van der Waals surface area (Å²) in [7, 11) is 2.01. The van der Waals surface area contributed by atoms with Crippen LogP contribution in [0.1, 0.15) is 31.4 Å². The molecule has 0 aliphatic carbocycles. The van der Waals surface area contributed by atoms with Crippen LogP contribution in [0.5, 0.6) is 0 Å². The molecule has 1 aromatic carbocycles. The van der Waals surface area contributed by atoms with Gasteiger partial charge in [0.2, 0.25) is 0 Å². The Morgan fingerprint density at radius 2 is 1.85 bits per heavy atom. The van der Waals surface area contributed by atoms with E-state index in [1.807, 2.05) is 7.05 Å². The standard InChI is InChI=1S/C17H28N2S/c1-17(2)9-11-19(12-13-20-17)14-16-6-4-15(5-7-16)8-10-18-3/h4-7,18H,8-14H2,1-3H3. The maximum absolute atomic E-state index is 3.20. The fraction of sp³-hybridized carbons (Fsp3) is 0.647. The van der Waals surface area contributed by atoms with E-state index in [-0.39, 0.29) is 0 Å². The van der Waals surface area contributed by atoms with Crippen LogP contribution in [-0.4, -0.2) is 42.1 Å². The average Bonchev–Trinajstić information content (AvgIpc) is 2.59. The molecule has 1 aromatic rings. The van der Waals surface area contributed by atoms with E-state index in [0.717, 1.165) is 19.5 Å². The Hall–Kier alpha value is -0.510. The van der Waals surface area contributed by atoms with Gasteiger partial charge in [-0.05, 0) is 44.1 Å². The number of nitrogens with zero attached hydrogens (tertiary/aromatic N) is 1. The fourth-order valence-corrected chi connectivity index (χ4v) is 3.70. The van der Waals surface area contributed by atoms with Gasteiger partial charge in [-0.25, -0.2) is 0 Å². The average molecular weight is 292 g/mol. The van der Waals surface area contributed by atoms with Gasteiger partial charge in [0.25, 0.3) is 0 Å². The lowest BCUT2D eigenvalue weighted by molar-refractivity contribution is 0.276. The smallest absolute Gasteiger partial charge is 0.0234 e. The van der Waals surface area contributed by atoms with Crippen molar-refractivity contribution in [2.45, 2.75) is 38.0 Å². The van der Waals surface area contributed by atoms with E-state index < -0.39 is 0 Å². The molecule has 1 aliphatic heterocycles. The molecule has 20 heavy (non-hydrogen) atoms. The van der Waals surface area contributed by atoms with E-state index in [4.69, 9.17) is 0 Å². The Kier molecular flexibility index (Phi) is 5.94. The van der Waals surface area contributed by atoms with Crippen LogP contribution in [0.3, 0.4) is 0 Å². The van der Waals surface area contributed by atoms with Gasteiger partial charge in [0, 0.05) is 23.6 Å². The van der Waals surface area contributed by atoms with E-state index in [1.165, 1.54) is 36.4 Å². The highest BCUT2D eigenvalue weighted by Crippen LogP contribution is 2.31. The highest BCUT2D eigenvalue weighted by Gasteiger charge is 2.23. The number of benzene rings is 1. The van der Waals surface area contributed by atoms with Crippen LogP contribution < -0.4 is 5.32 Å². The second-order valence-corrected chi connectivity index (χ2v) is 8.11. The fourth-order valence-electron chi connectivity index (χ4n) is 2.56. The second kappa shape index (κ2) is 7.48. The molecular weight excluding hydrogens is 264 g/mol. The zero-order valence-electron chi connectivity index (χ0n) is 13.1. The maximum Gasteiger partial charge on any atom is 0.0234 e. The summed E-state index contributed by atoms with van der Waals surface area (Å²) in [4.78, 5) is 2.60. The monoisotopic (exact) mass is 292 g/mol. The van der Waals surface area contributed by atoms with E-state index >= 15 is 0 Å². The van der Waals surface area contributed by atoms with Crippen LogP contribution in [0.2, 0.25) is 0 Å². The molecule has 0 aromatic heterocycles. The Morgan fingerprint density at radius 3 is 2.55 bits per heavy atom. The topological polar surface area (TPSA) is 15.3 Å². The third-order valence-corrected chi connectivity index (χ3v) is 5.40. The van der Waals surface area contributed by atoms with E-state index in [1.54, 1.807) is 0 Å². The van der Waals surface area contributed by atoms with E-state index in [0.29, 0.717) is 4.75 Å². The molecule has 2 rings (SSSR count). The third kappa shape index (κ3) is 5.12. The molecule has 0 atom stereocenters. The first kappa shape index (κ1) is 15.9. The summed E-state index contributed by atoms with van der Waals surface area (Å²) in [6.07, 6.45) is 2.41. The van der Waals surface area contributed by atoms with Crippen LogP contribution in [-0.2, 0) is 13.0 Å². The first-order valence-corrected chi connectivity index (χ1v) is 8.66. The molecule has 1 N–H and O–H groups in total. The molecule has 0 saturated carbocycles. The molecule has 0 radical (unpaired) electrons. The molecule has 0 unspecified atom stereocenters. The molecule has 2 nitrogen and oxygen atoms in total. The van der Waals surface area contributed by atoms with Gasteiger partial charge in [0.05, 0.1) is 0 Å². The predicted octanol–water partition coefficient (Wildman–Crippen LogP) is 3.17. The van der Waals surface area contributed by atoms with Gasteiger partial charge >= 0.3 is 0 Å². The minimum Gasteiger partial charge on any atom is -0.319 e. The van der Waals surface area contributed by atoms with E-state index in [9.17, 15) is 0 Å². The maximum atomic E-state index is 3.20. The van der Waals surface area contributed by atoms with Crippen molar-refractivity contribution in [1.29, 1.82) is 0 Å². The summed E-state index contributed by atoms with van der Waals surface area (Å²) in [5.41, 5.74) is 2.87. The van der Waals surface area contributed by atoms with Crippen molar-refractivity contribution in [2.75, 3.05) is 32.4 Å². The molecular formula is C17H28N2S. The van der Waals surface area contributed by atoms with Crippen molar-refractivity contribution in [3.8, 4) is 0 Å².